The van der Waals surface area contributed by atoms with Gasteiger partial charge < -0.3 is 0 Å². The van der Waals surface area contributed by atoms with Crippen LogP contribution in [0.25, 0.3) is 0 Å². The van der Waals surface area contributed by atoms with Crippen LogP contribution in [0, 0.1) is 28.6 Å². The molecule has 0 saturated heterocycles. The van der Waals surface area contributed by atoms with E-state index in [-0.39, 0.29) is 0 Å². The van der Waals surface area contributed by atoms with Gasteiger partial charge in [-0.25, -0.2) is 0 Å². The molecule has 0 aromatic heterocycles. The summed E-state index contributed by atoms with van der Waals surface area (Å²) in [4.78, 5) is 0. The van der Waals surface area contributed by atoms with Gasteiger partial charge in [0.2, 0.25) is 0 Å². The lowest BCUT2D eigenvalue weighted by Gasteiger charge is -2.25. The normalized spacial score (nSPS) is 13.9. The van der Waals surface area contributed by atoms with Crippen LogP contribution < -0.4 is 0 Å². The summed E-state index contributed by atoms with van der Waals surface area (Å²) in [7, 11) is 0. The molecule has 82 valence electrons. The molecule has 0 saturated carbocycles. The van der Waals surface area contributed by atoms with Crippen LogP contribution in [0.2, 0.25) is 0 Å². The summed E-state index contributed by atoms with van der Waals surface area (Å²) >= 11 is 0. The maximum absolute atomic E-state index is 9.35. The molecule has 16 heavy (non-hydrogen) atoms. The van der Waals surface area contributed by atoms with Crippen molar-refractivity contribution < 1.29 is 0 Å². The predicted molar refractivity (Wildman–Crippen MR) is 63.6 cm³/mol. The zero-order valence-electron chi connectivity index (χ0n) is 9.99. The summed E-state index contributed by atoms with van der Waals surface area (Å²) in [5.41, 5.74) is 0.876. The fraction of sp³-hybridized carbons (Fsp3) is 0.429. The molecule has 1 rings (SSSR count). The van der Waals surface area contributed by atoms with Crippen molar-refractivity contribution in [1.29, 1.82) is 10.5 Å². The smallest absolute Gasteiger partial charge is 0.0995 e. The van der Waals surface area contributed by atoms with E-state index in [0.29, 0.717) is 11.5 Å². The second-order valence-corrected chi connectivity index (χ2v) is 4.70. The summed E-state index contributed by atoms with van der Waals surface area (Å²) in [5.74, 6) is 0.427. The molecule has 0 aliphatic heterocycles. The van der Waals surface area contributed by atoms with Gasteiger partial charge in [-0.3, -0.25) is 0 Å². The molecule has 0 amide bonds. The summed E-state index contributed by atoms with van der Waals surface area (Å²) in [6.45, 7) is 6.08. The zero-order chi connectivity index (χ0) is 12.2. The Hall–Kier alpha value is -1.80. The number of nitriles is 2. The molecular formula is C14H16N2. The van der Waals surface area contributed by atoms with Crippen molar-refractivity contribution in [2.24, 2.45) is 5.92 Å². The van der Waals surface area contributed by atoms with Crippen LogP contribution in [-0.2, 0) is 5.41 Å². The maximum atomic E-state index is 9.35. The van der Waals surface area contributed by atoms with Crippen LogP contribution in [-0.4, -0.2) is 0 Å². The van der Waals surface area contributed by atoms with Crippen LogP contribution in [0.5, 0.6) is 0 Å². The second-order valence-electron chi connectivity index (χ2n) is 4.70. The fourth-order valence-electron chi connectivity index (χ4n) is 2.09. The first kappa shape index (κ1) is 12.3. The first-order valence-electron chi connectivity index (χ1n) is 5.44. The number of rotatable bonds is 3. The van der Waals surface area contributed by atoms with Gasteiger partial charge in [0.15, 0.2) is 0 Å². The van der Waals surface area contributed by atoms with E-state index >= 15 is 0 Å². The first-order chi connectivity index (χ1) is 7.53. The Balaban J connectivity index is 3.25. The fourth-order valence-corrected chi connectivity index (χ4v) is 2.09. The largest absolute Gasteiger partial charge is 0.197 e. The Morgan fingerprint density at radius 2 is 1.88 bits per heavy atom. The van der Waals surface area contributed by atoms with Gasteiger partial charge in [0, 0.05) is 0 Å². The van der Waals surface area contributed by atoms with Gasteiger partial charge in [-0.1, -0.05) is 32.0 Å². The van der Waals surface area contributed by atoms with E-state index in [1.54, 1.807) is 6.07 Å². The van der Waals surface area contributed by atoms with Crippen molar-refractivity contribution in [2.75, 3.05) is 0 Å². The minimum absolute atomic E-state index is 0.427. The van der Waals surface area contributed by atoms with Gasteiger partial charge in [0.05, 0.1) is 23.1 Å². The van der Waals surface area contributed by atoms with Crippen molar-refractivity contribution in [1.82, 2.24) is 0 Å². The topological polar surface area (TPSA) is 47.6 Å². The standard InChI is InChI=1S/C14H16N2/c1-11(2)8-14(3,10-16)13-7-5-4-6-12(13)9-15/h4-7,11H,8H2,1-3H3/t14-/m0/s1. The van der Waals surface area contributed by atoms with E-state index in [1.165, 1.54) is 0 Å². The Bertz CT molecular complexity index is 449. The van der Waals surface area contributed by atoms with Crippen LogP contribution in [0.1, 0.15) is 38.3 Å². The minimum atomic E-state index is -0.569. The lowest BCUT2D eigenvalue weighted by Crippen LogP contribution is -2.23. The third-order valence-electron chi connectivity index (χ3n) is 2.71. The Kier molecular flexibility index (Phi) is 3.69. The molecule has 0 N–H and O–H groups in total. The molecule has 0 aliphatic carbocycles. The Labute approximate surface area is 97.1 Å². The number of hydrogen-bond acceptors (Lipinski definition) is 2. The lowest BCUT2D eigenvalue weighted by atomic mass is 9.75. The lowest BCUT2D eigenvalue weighted by molar-refractivity contribution is 0.448. The highest BCUT2D eigenvalue weighted by Crippen LogP contribution is 2.32. The first-order valence-corrected chi connectivity index (χ1v) is 5.44. The quantitative estimate of drug-likeness (QED) is 0.771. The van der Waals surface area contributed by atoms with Crippen molar-refractivity contribution in [3.05, 3.63) is 35.4 Å². The van der Waals surface area contributed by atoms with Gasteiger partial charge in [-0.2, -0.15) is 10.5 Å². The monoisotopic (exact) mass is 212 g/mol. The summed E-state index contributed by atoms with van der Waals surface area (Å²) in [6.07, 6.45) is 0.766. The average molecular weight is 212 g/mol. The summed E-state index contributed by atoms with van der Waals surface area (Å²) in [6, 6.07) is 11.9. The molecule has 0 bridgehead atoms. The number of hydrogen-bond donors (Lipinski definition) is 0. The van der Waals surface area contributed by atoms with Crippen molar-refractivity contribution in [2.45, 2.75) is 32.6 Å². The van der Waals surface area contributed by atoms with E-state index in [4.69, 9.17) is 5.26 Å². The number of nitrogens with zero attached hydrogens (tertiary/aromatic N) is 2. The van der Waals surface area contributed by atoms with E-state index < -0.39 is 5.41 Å². The second kappa shape index (κ2) is 4.81. The molecule has 0 radical (unpaired) electrons. The molecule has 1 aromatic carbocycles. The summed E-state index contributed by atoms with van der Waals surface area (Å²) in [5, 5.41) is 18.4. The van der Waals surface area contributed by atoms with Crippen LogP contribution in [0.3, 0.4) is 0 Å². The van der Waals surface area contributed by atoms with E-state index in [2.05, 4.69) is 26.0 Å². The van der Waals surface area contributed by atoms with Crippen LogP contribution in [0.15, 0.2) is 24.3 Å². The summed E-state index contributed by atoms with van der Waals surface area (Å²) < 4.78 is 0. The molecule has 0 heterocycles. The molecule has 0 fully saturated rings. The molecule has 0 aliphatic rings. The SMILES string of the molecule is CC(C)C[C@@](C)(C#N)c1ccccc1C#N. The van der Waals surface area contributed by atoms with E-state index in [9.17, 15) is 5.26 Å². The van der Waals surface area contributed by atoms with Gasteiger partial charge in [-0.05, 0) is 30.9 Å². The van der Waals surface area contributed by atoms with Crippen molar-refractivity contribution in [3.63, 3.8) is 0 Å². The molecule has 0 spiro atoms. The van der Waals surface area contributed by atoms with Gasteiger partial charge >= 0.3 is 0 Å². The van der Waals surface area contributed by atoms with E-state index in [1.807, 2.05) is 25.1 Å². The van der Waals surface area contributed by atoms with Crippen molar-refractivity contribution in [3.8, 4) is 12.1 Å². The third kappa shape index (κ3) is 2.41. The van der Waals surface area contributed by atoms with Gasteiger partial charge in [-0.15, -0.1) is 0 Å². The van der Waals surface area contributed by atoms with Gasteiger partial charge in [0.1, 0.15) is 0 Å². The highest BCUT2D eigenvalue weighted by molar-refractivity contribution is 5.45. The molecule has 2 nitrogen and oxygen atoms in total. The minimum Gasteiger partial charge on any atom is -0.197 e. The molecule has 1 aromatic rings. The highest BCUT2D eigenvalue weighted by atomic mass is 14.4. The molecule has 2 heteroatoms. The maximum Gasteiger partial charge on any atom is 0.0995 e. The predicted octanol–water partition coefficient (Wildman–Crippen LogP) is 3.39. The van der Waals surface area contributed by atoms with Crippen LogP contribution >= 0.6 is 0 Å². The molecular weight excluding hydrogens is 196 g/mol. The van der Waals surface area contributed by atoms with Crippen molar-refractivity contribution >= 4 is 0 Å². The third-order valence-corrected chi connectivity index (χ3v) is 2.71. The van der Waals surface area contributed by atoms with E-state index in [0.717, 1.165) is 12.0 Å². The zero-order valence-corrected chi connectivity index (χ0v) is 9.99. The van der Waals surface area contributed by atoms with Gasteiger partial charge in [0.25, 0.3) is 0 Å². The highest BCUT2D eigenvalue weighted by Gasteiger charge is 2.29. The Morgan fingerprint density at radius 3 is 2.38 bits per heavy atom. The van der Waals surface area contributed by atoms with Crippen LogP contribution in [0.4, 0.5) is 0 Å². The average Bonchev–Trinajstić information content (AvgIpc) is 2.28. The number of benzene rings is 1. The Morgan fingerprint density at radius 1 is 1.25 bits per heavy atom. The molecule has 1 atom stereocenters. The molecule has 0 unspecified atom stereocenters.